The van der Waals surface area contributed by atoms with E-state index in [4.69, 9.17) is 19.2 Å². The van der Waals surface area contributed by atoms with Gasteiger partial charge in [0, 0.05) is 5.56 Å². The third kappa shape index (κ3) is 4.98. The van der Waals surface area contributed by atoms with Crippen LogP contribution >= 0.6 is 22.7 Å². The van der Waals surface area contributed by atoms with Crippen molar-refractivity contribution in [1.29, 1.82) is 0 Å². The zero-order valence-electron chi connectivity index (χ0n) is 23.4. The van der Waals surface area contributed by atoms with Gasteiger partial charge in [-0.05, 0) is 66.8 Å². The van der Waals surface area contributed by atoms with E-state index in [0.29, 0.717) is 23.1 Å². The van der Waals surface area contributed by atoms with E-state index in [1.54, 1.807) is 36.9 Å². The van der Waals surface area contributed by atoms with Crippen molar-refractivity contribution < 1.29 is 24.1 Å². The molecule has 0 bridgehead atoms. The lowest BCUT2D eigenvalue weighted by Crippen LogP contribution is -2.43. The Morgan fingerprint density at radius 2 is 2.00 bits per heavy atom. The zero-order chi connectivity index (χ0) is 29.7. The number of hydrogen-bond acceptors (Lipinski definition) is 10. The molecule has 5 heterocycles. The second-order valence-corrected chi connectivity index (χ2v) is 12.1. The first-order chi connectivity index (χ1) is 20.9. The van der Waals surface area contributed by atoms with Crippen LogP contribution in [0.15, 0.2) is 60.2 Å². The fraction of sp³-hybridized carbons (Fsp3) is 0.194. The topological polar surface area (TPSA) is 120 Å². The van der Waals surface area contributed by atoms with E-state index >= 15 is 0 Å². The van der Waals surface area contributed by atoms with E-state index < -0.39 is 12.2 Å². The van der Waals surface area contributed by atoms with Gasteiger partial charge in [0.05, 0.1) is 58.9 Å². The van der Waals surface area contributed by atoms with Gasteiger partial charge in [-0.15, -0.1) is 22.7 Å². The van der Waals surface area contributed by atoms with Crippen molar-refractivity contribution in [3.8, 4) is 38.5 Å². The molecule has 0 aliphatic carbocycles. The van der Waals surface area contributed by atoms with Crippen LogP contribution in [0.25, 0.3) is 42.4 Å². The van der Waals surface area contributed by atoms with Crippen LogP contribution < -0.4 is 19.1 Å². The molecule has 0 spiro atoms. The first-order valence-corrected chi connectivity index (χ1v) is 15.1. The van der Waals surface area contributed by atoms with Gasteiger partial charge in [0.1, 0.15) is 16.3 Å². The van der Waals surface area contributed by atoms with Gasteiger partial charge in [0.2, 0.25) is 5.88 Å². The third-order valence-corrected chi connectivity index (χ3v) is 9.12. The molecule has 10 nitrogen and oxygen atoms in total. The standard InChI is InChI=1S/C31H25N5O5S2/c1-16-9-20(27-22(10-16)34-25(39-3)13-33-27)30-35-26-17(2)11-23-28(29(26)43-30)40-15-19(41-23)14-36(31(37)38)18-6-7-21(32-12-18)24-5-4-8-42-24/h4-13,19H,14-15H2,1-3H3,(H,37,38). The second-order valence-electron chi connectivity index (χ2n) is 10.1. The average molecular weight is 612 g/mol. The Labute approximate surface area is 254 Å². The molecule has 1 unspecified atom stereocenters. The van der Waals surface area contributed by atoms with Gasteiger partial charge in [-0.3, -0.25) is 9.88 Å². The van der Waals surface area contributed by atoms with Crippen LogP contribution in [0.3, 0.4) is 0 Å². The number of hydrogen-bond donors (Lipinski definition) is 1. The molecule has 4 aromatic heterocycles. The molecule has 1 atom stereocenters. The quantitative estimate of drug-likeness (QED) is 0.213. The van der Waals surface area contributed by atoms with Gasteiger partial charge < -0.3 is 19.3 Å². The van der Waals surface area contributed by atoms with Crippen LogP contribution in [0, 0.1) is 13.8 Å². The molecule has 216 valence electrons. The summed E-state index contributed by atoms with van der Waals surface area (Å²) in [6.07, 6.45) is 1.57. The smallest absolute Gasteiger partial charge is 0.411 e. The summed E-state index contributed by atoms with van der Waals surface area (Å²) >= 11 is 3.08. The second kappa shape index (κ2) is 10.8. The highest BCUT2D eigenvalue weighted by Gasteiger charge is 2.30. The predicted molar refractivity (Wildman–Crippen MR) is 167 cm³/mol. The number of fused-ring (bicyclic) bond motifs is 4. The Bertz CT molecular complexity index is 1990. The highest BCUT2D eigenvalue weighted by Crippen LogP contribution is 2.46. The van der Waals surface area contributed by atoms with Crippen molar-refractivity contribution in [2.24, 2.45) is 0 Å². The summed E-state index contributed by atoms with van der Waals surface area (Å²) in [5.41, 5.74) is 6.38. The summed E-state index contributed by atoms with van der Waals surface area (Å²) in [5.74, 6) is 1.62. The third-order valence-electron chi connectivity index (χ3n) is 7.14. The number of nitrogens with zero attached hydrogens (tertiary/aromatic N) is 5. The van der Waals surface area contributed by atoms with Crippen molar-refractivity contribution in [2.45, 2.75) is 20.0 Å². The summed E-state index contributed by atoms with van der Waals surface area (Å²) in [5, 5.41) is 12.8. The van der Waals surface area contributed by atoms with E-state index in [9.17, 15) is 9.90 Å². The van der Waals surface area contributed by atoms with Crippen molar-refractivity contribution in [2.75, 3.05) is 25.2 Å². The number of ether oxygens (including phenoxy) is 3. The molecule has 2 aromatic carbocycles. The number of amides is 1. The number of thiophene rings is 1. The number of benzene rings is 2. The van der Waals surface area contributed by atoms with Crippen LogP contribution in [0.4, 0.5) is 10.5 Å². The molecule has 6 aromatic rings. The van der Waals surface area contributed by atoms with Crippen molar-refractivity contribution in [3.05, 3.63) is 71.4 Å². The van der Waals surface area contributed by atoms with Gasteiger partial charge in [-0.2, -0.15) is 0 Å². The number of thiazole rings is 1. The molecule has 7 rings (SSSR count). The number of carboxylic acid groups (broad SMARTS) is 1. The zero-order valence-corrected chi connectivity index (χ0v) is 25.0. The van der Waals surface area contributed by atoms with E-state index in [1.807, 2.05) is 49.6 Å². The molecule has 1 aliphatic rings. The minimum Gasteiger partial charge on any atom is -0.484 e. The minimum atomic E-state index is -1.09. The summed E-state index contributed by atoms with van der Waals surface area (Å²) in [7, 11) is 1.57. The number of rotatable bonds is 6. The molecule has 1 N–H and O–H groups in total. The maximum atomic E-state index is 12.2. The monoisotopic (exact) mass is 611 g/mol. The molecule has 0 saturated heterocycles. The van der Waals surface area contributed by atoms with Gasteiger partial charge >= 0.3 is 6.09 Å². The van der Waals surface area contributed by atoms with Crippen LogP contribution in [-0.2, 0) is 0 Å². The highest BCUT2D eigenvalue weighted by atomic mass is 32.1. The Morgan fingerprint density at radius 3 is 2.74 bits per heavy atom. The first-order valence-electron chi connectivity index (χ1n) is 13.4. The lowest BCUT2D eigenvalue weighted by Gasteiger charge is -2.30. The number of anilines is 1. The normalized spacial score (nSPS) is 14.3. The molecule has 0 fully saturated rings. The van der Waals surface area contributed by atoms with Gasteiger partial charge in [0.25, 0.3) is 0 Å². The lowest BCUT2D eigenvalue weighted by molar-refractivity contribution is 0.0961. The van der Waals surface area contributed by atoms with E-state index in [1.165, 1.54) is 16.2 Å². The molecule has 12 heteroatoms. The Balaban J connectivity index is 1.18. The predicted octanol–water partition coefficient (Wildman–Crippen LogP) is 6.98. The van der Waals surface area contributed by atoms with Gasteiger partial charge in [-0.1, -0.05) is 6.07 Å². The van der Waals surface area contributed by atoms with Crippen LogP contribution in [0.5, 0.6) is 17.4 Å². The van der Waals surface area contributed by atoms with Gasteiger partial charge in [0.15, 0.2) is 17.6 Å². The molecular weight excluding hydrogens is 587 g/mol. The maximum absolute atomic E-state index is 12.2. The molecule has 43 heavy (non-hydrogen) atoms. The van der Waals surface area contributed by atoms with Gasteiger partial charge in [-0.25, -0.2) is 19.7 Å². The number of pyridine rings is 1. The molecule has 0 saturated carbocycles. The van der Waals surface area contributed by atoms with Crippen molar-refractivity contribution in [1.82, 2.24) is 19.9 Å². The number of aromatic nitrogens is 4. The van der Waals surface area contributed by atoms with E-state index in [-0.39, 0.29) is 13.2 Å². The lowest BCUT2D eigenvalue weighted by atomic mass is 10.1. The van der Waals surface area contributed by atoms with Crippen LogP contribution in [-0.4, -0.2) is 57.5 Å². The SMILES string of the molecule is COc1cnc2c(-c3nc4c(C)cc5c(c4s3)OCC(CN(C(=O)O)c3ccc(-c4cccs4)nc3)O5)cc(C)cc2n1. The Kier molecular flexibility index (Phi) is 6.79. The summed E-state index contributed by atoms with van der Waals surface area (Å²) in [4.78, 5) is 33.1. The summed E-state index contributed by atoms with van der Waals surface area (Å²) in [6, 6.07) is 13.4. The number of carbonyl (C=O) groups is 1. The van der Waals surface area contributed by atoms with E-state index in [0.717, 1.165) is 53.5 Å². The minimum absolute atomic E-state index is 0.0806. The molecular formula is C31H25N5O5S2. The molecule has 1 aliphatic heterocycles. The molecule has 0 radical (unpaired) electrons. The molecule has 1 amide bonds. The van der Waals surface area contributed by atoms with Crippen LogP contribution in [0.2, 0.25) is 0 Å². The first kappa shape index (κ1) is 27.0. The maximum Gasteiger partial charge on any atom is 0.411 e. The fourth-order valence-corrected chi connectivity index (χ4v) is 6.98. The van der Waals surface area contributed by atoms with Crippen LogP contribution in [0.1, 0.15) is 11.1 Å². The Hall–Kier alpha value is -4.81. The van der Waals surface area contributed by atoms with E-state index in [2.05, 4.69) is 21.0 Å². The van der Waals surface area contributed by atoms with Crippen molar-refractivity contribution in [3.63, 3.8) is 0 Å². The Morgan fingerprint density at radius 1 is 1.12 bits per heavy atom. The summed E-state index contributed by atoms with van der Waals surface area (Å²) < 4.78 is 18.7. The fourth-order valence-electron chi connectivity index (χ4n) is 5.13. The summed E-state index contributed by atoms with van der Waals surface area (Å²) in [6.45, 7) is 4.25. The number of aryl methyl sites for hydroxylation is 2. The largest absolute Gasteiger partial charge is 0.484 e. The highest BCUT2D eigenvalue weighted by molar-refractivity contribution is 7.22. The van der Waals surface area contributed by atoms with Crippen molar-refractivity contribution >= 4 is 55.7 Å². The number of methoxy groups -OCH3 is 1. The average Bonchev–Trinajstić information content (AvgIpc) is 3.71.